The van der Waals surface area contributed by atoms with Gasteiger partial charge in [-0.15, -0.1) is 6.42 Å². The number of hydrogen-bond acceptors (Lipinski definition) is 9. The highest BCUT2D eigenvalue weighted by Crippen LogP contribution is 2.44. The van der Waals surface area contributed by atoms with Crippen LogP contribution in [0.25, 0.3) is 32.9 Å². The number of halogens is 3. The maximum atomic E-state index is 16.9. The van der Waals surface area contributed by atoms with Crippen LogP contribution < -0.4 is 19.5 Å². The highest BCUT2D eigenvalue weighted by Gasteiger charge is 2.45. The second-order valence-corrected chi connectivity index (χ2v) is 13.9. The molecule has 3 N–H and O–H groups in total. The van der Waals surface area contributed by atoms with Gasteiger partial charge in [0.15, 0.2) is 5.82 Å². The Morgan fingerprint density at radius 3 is 2.47 bits per heavy atom. The summed E-state index contributed by atoms with van der Waals surface area (Å²) in [7, 11) is -5.08. The Morgan fingerprint density at radius 2 is 1.79 bits per heavy atom. The Hall–Kier alpha value is -3.99. The molecule has 0 amide bonds. The number of hydrogen-bond donors (Lipinski definition) is 3. The molecule has 15 heteroatoms. The van der Waals surface area contributed by atoms with Crippen LogP contribution in [0.3, 0.4) is 0 Å². The molecular formula is C32H30F3N6O5P. The summed E-state index contributed by atoms with van der Waals surface area (Å²) < 4.78 is 70.8. The molecule has 5 aliphatic heterocycles. The average molecular weight is 667 g/mol. The quantitative estimate of drug-likeness (QED) is 0.148. The number of terminal acetylenes is 1. The topological polar surface area (TPSA) is 133 Å². The number of anilines is 1. The smallest absolute Gasteiger partial charge is 0.461 e. The van der Waals surface area contributed by atoms with Crippen LogP contribution in [-0.2, 0) is 4.57 Å². The number of nitrogens with zero attached hydrogens (tertiary/aromatic N) is 5. The van der Waals surface area contributed by atoms with E-state index in [1.807, 2.05) is 4.90 Å². The lowest BCUT2D eigenvalue weighted by Crippen LogP contribution is -2.67. The van der Waals surface area contributed by atoms with Crippen LogP contribution in [0, 0.1) is 29.9 Å². The van der Waals surface area contributed by atoms with Crippen LogP contribution in [0.1, 0.15) is 37.7 Å². The molecule has 5 aliphatic rings. The van der Waals surface area contributed by atoms with Gasteiger partial charge in [0.25, 0.3) is 0 Å². The average Bonchev–Trinajstić information content (AvgIpc) is 3.61. The van der Waals surface area contributed by atoms with E-state index in [0.29, 0.717) is 19.7 Å². The van der Waals surface area contributed by atoms with Crippen molar-refractivity contribution < 1.29 is 36.8 Å². The molecule has 2 unspecified atom stereocenters. The van der Waals surface area contributed by atoms with Gasteiger partial charge in [0.2, 0.25) is 5.95 Å². The van der Waals surface area contributed by atoms with Crippen molar-refractivity contribution in [2.24, 2.45) is 0 Å². The number of phosphoric ester groups is 1. The highest BCUT2D eigenvalue weighted by atomic mass is 31.2. The Balaban J connectivity index is 1.32. The molecule has 2 atom stereocenters. The SMILES string of the molecule is C#Cc1c(F)ccc2cc(OP(=O)(O)O)cc(-c3nc(F)c4c(N5CC6CC(C5)N6)nc(OCC56CCCN5CCC6)nc4c3F)c12. The predicted octanol–water partition coefficient (Wildman–Crippen LogP) is 4.27. The summed E-state index contributed by atoms with van der Waals surface area (Å²) in [6.45, 7) is 3.28. The number of fused-ring (bicyclic) bond motifs is 5. The van der Waals surface area contributed by atoms with Gasteiger partial charge in [-0.3, -0.25) is 14.7 Å². The van der Waals surface area contributed by atoms with E-state index in [0.717, 1.165) is 57.3 Å². The Kier molecular flexibility index (Phi) is 7.13. The van der Waals surface area contributed by atoms with Crippen molar-refractivity contribution in [3.63, 3.8) is 0 Å². The van der Waals surface area contributed by atoms with Gasteiger partial charge in [-0.2, -0.15) is 14.4 Å². The molecule has 7 heterocycles. The van der Waals surface area contributed by atoms with Crippen molar-refractivity contribution in [1.82, 2.24) is 25.2 Å². The van der Waals surface area contributed by atoms with E-state index in [9.17, 15) is 18.7 Å². The summed E-state index contributed by atoms with van der Waals surface area (Å²) in [5, 5.41) is 3.32. The molecule has 2 bridgehead atoms. The summed E-state index contributed by atoms with van der Waals surface area (Å²) >= 11 is 0. The van der Waals surface area contributed by atoms with Gasteiger partial charge in [0.1, 0.15) is 40.6 Å². The van der Waals surface area contributed by atoms with Crippen LogP contribution in [0.2, 0.25) is 0 Å². The number of piperazine rings is 1. The second-order valence-electron chi connectivity index (χ2n) is 12.7. The molecular weight excluding hydrogens is 636 g/mol. The van der Waals surface area contributed by atoms with Gasteiger partial charge >= 0.3 is 13.8 Å². The van der Waals surface area contributed by atoms with Crippen molar-refractivity contribution in [3.05, 3.63) is 47.4 Å². The zero-order chi connectivity index (χ0) is 32.7. The van der Waals surface area contributed by atoms with Crippen molar-refractivity contribution in [3.8, 4) is 35.4 Å². The molecule has 5 fully saturated rings. The fourth-order valence-electron chi connectivity index (χ4n) is 7.84. The summed E-state index contributed by atoms with van der Waals surface area (Å²) in [6, 6.07) is 4.83. The van der Waals surface area contributed by atoms with Gasteiger partial charge in [-0.25, -0.2) is 18.3 Å². The first-order valence-corrected chi connectivity index (χ1v) is 17.0. The minimum absolute atomic E-state index is 0.0229. The fourth-order valence-corrected chi connectivity index (χ4v) is 8.22. The summed E-state index contributed by atoms with van der Waals surface area (Å²) in [5.41, 5.74) is -1.68. The summed E-state index contributed by atoms with van der Waals surface area (Å²) in [6.07, 6.45) is 10.6. The molecule has 2 aromatic heterocycles. The Bertz CT molecular complexity index is 2030. The lowest BCUT2D eigenvalue weighted by Gasteiger charge is -2.48. The number of rotatable bonds is 7. The normalized spacial score (nSPS) is 21.9. The third-order valence-corrected chi connectivity index (χ3v) is 10.3. The van der Waals surface area contributed by atoms with E-state index in [1.54, 1.807) is 0 Å². The molecule has 11 nitrogen and oxygen atoms in total. The first-order chi connectivity index (χ1) is 22.5. The minimum atomic E-state index is -5.08. The van der Waals surface area contributed by atoms with Crippen molar-refractivity contribution in [1.29, 1.82) is 0 Å². The van der Waals surface area contributed by atoms with Crippen LogP contribution in [0.5, 0.6) is 11.8 Å². The monoisotopic (exact) mass is 666 g/mol. The van der Waals surface area contributed by atoms with Crippen molar-refractivity contribution in [2.45, 2.75) is 49.7 Å². The van der Waals surface area contributed by atoms with Crippen LogP contribution in [0.15, 0.2) is 24.3 Å². The fraction of sp³-hybridized carbons (Fsp3) is 0.406. The van der Waals surface area contributed by atoms with Gasteiger partial charge in [0, 0.05) is 36.1 Å². The van der Waals surface area contributed by atoms with E-state index in [1.165, 1.54) is 12.1 Å². The molecule has 244 valence electrons. The van der Waals surface area contributed by atoms with Gasteiger partial charge in [-0.05, 0) is 68.8 Å². The molecule has 47 heavy (non-hydrogen) atoms. The Labute approximate surface area is 267 Å². The number of piperidine rings is 1. The van der Waals surface area contributed by atoms with E-state index in [-0.39, 0.29) is 62.5 Å². The highest BCUT2D eigenvalue weighted by molar-refractivity contribution is 7.46. The number of ether oxygens (including phenoxy) is 1. The zero-order valence-corrected chi connectivity index (χ0v) is 25.9. The molecule has 2 aromatic carbocycles. The van der Waals surface area contributed by atoms with Crippen molar-refractivity contribution in [2.75, 3.05) is 37.7 Å². The van der Waals surface area contributed by atoms with E-state index in [2.05, 4.69) is 31.1 Å². The molecule has 0 spiro atoms. The second kappa shape index (κ2) is 11.0. The number of benzene rings is 2. The first kappa shape index (κ1) is 30.4. The third kappa shape index (κ3) is 5.17. The molecule has 0 aliphatic carbocycles. The maximum Gasteiger partial charge on any atom is 0.524 e. The number of aromatic nitrogens is 3. The number of nitrogens with one attached hydrogen (secondary N) is 1. The summed E-state index contributed by atoms with van der Waals surface area (Å²) in [4.78, 5) is 36.2. The largest absolute Gasteiger partial charge is 0.524 e. The molecule has 0 radical (unpaired) electrons. The van der Waals surface area contributed by atoms with E-state index >= 15 is 8.78 Å². The summed E-state index contributed by atoms with van der Waals surface area (Å²) in [5.74, 6) is -0.958. The third-order valence-electron chi connectivity index (χ3n) is 9.87. The lowest BCUT2D eigenvalue weighted by molar-refractivity contribution is 0.107. The molecule has 5 saturated heterocycles. The lowest BCUT2D eigenvalue weighted by atomic mass is 9.91. The predicted molar refractivity (Wildman–Crippen MR) is 167 cm³/mol. The maximum absolute atomic E-state index is 16.9. The van der Waals surface area contributed by atoms with Crippen LogP contribution >= 0.6 is 7.82 Å². The van der Waals surface area contributed by atoms with E-state index in [4.69, 9.17) is 15.7 Å². The van der Waals surface area contributed by atoms with Gasteiger partial charge in [0.05, 0.1) is 11.1 Å². The number of pyridine rings is 1. The van der Waals surface area contributed by atoms with Crippen LogP contribution in [0.4, 0.5) is 19.0 Å². The first-order valence-electron chi connectivity index (χ1n) is 15.5. The van der Waals surface area contributed by atoms with Crippen LogP contribution in [-0.4, -0.2) is 80.0 Å². The van der Waals surface area contributed by atoms with E-state index < -0.39 is 36.6 Å². The number of phosphoric acid groups is 1. The molecule has 4 aromatic rings. The molecule has 9 rings (SSSR count). The standard InChI is InChI=1S/C32H30F3N6O5P/c1-2-21-23(33)6-5-17-11-20(46-47(42,43)44)13-22(24(17)21)27-26(34)28-25(29(35)37-27)30(40-14-18-12-19(15-40)36-18)39-31(38-28)45-16-32-7-3-9-41(32)10-4-8-32/h1,5-6,11,13,18-19,36H,3-4,7-10,12,14-16H2,(H2,42,43,44). The molecule has 0 saturated carbocycles. The Morgan fingerprint density at radius 1 is 1.06 bits per heavy atom. The minimum Gasteiger partial charge on any atom is -0.461 e. The zero-order valence-electron chi connectivity index (χ0n) is 25.0. The van der Waals surface area contributed by atoms with Crippen molar-refractivity contribution >= 4 is 35.3 Å². The van der Waals surface area contributed by atoms with Gasteiger partial charge < -0.3 is 19.5 Å². The van der Waals surface area contributed by atoms with Gasteiger partial charge in [-0.1, -0.05) is 12.0 Å².